The van der Waals surface area contributed by atoms with E-state index in [-0.39, 0.29) is 37.7 Å². The van der Waals surface area contributed by atoms with Crippen LogP contribution >= 0.6 is 0 Å². The first-order valence-corrected chi connectivity index (χ1v) is 4.44. The number of carboxylic acid groups (broad SMARTS) is 3. The molecule has 0 saturated carbocycles. The van der Waals surface area contributed by atoms with E-state index in [1.165, 1.54) is 0 Å². The molecule has 0 bridgehead atoms. The standard InChI is InChI=1S/C7H6O2.2C2H4O2.Ca.2H/c8-7(9)6-4-2-1-3-5-6;2*1-2(3)4;;;/h1-5H,(H,8,9);2*1H3,(H,3,4);;;. The molecule has 3 N–H and O–H groups in total. The van der Waals surface area contributed by atoms with Crippen molar-refractivity contribution in [3.63, 3.8) is 0 Å². The first-order valence-electron chi connectivity index (χ1n) is 4.44. The second-order valence-electron chi connectivity index (χ2n) is 2.71. The fourth-order valence-electron chi connectivity index (χ4n) is 0.581. The van der Waals surface area contributed by atoms with Gasteiger partial charge in [-0.1, -0.05) is 18.2 Å². The molecule has 1 aromatic rings. The van der Waals surface area contributed by atoms with Crippen molar-refractivity contribution in [2.45, 2.75) is 13.8 Å². The van der Waals surface area contributed by atoms with Crippen molar-refractivity contribution < 1.29 is 29.7 Å². The Bertz CT molecular complexity index is 343. The van der Waals surface area contributed by atoms with Crippen LogP contribution in [0.25, 0.3) is 0 Å². The van der Waals surface area contributed by atoms with Gasteiger partial charge in [0.15, 0.2) is 0 Å². The van der Waals surface area contributed by atoms with E-state index in [1.54, 1.807) is 30.3 Å². The van der Waals surface area contributed by atoms with Gasteiger partial charge in [0.1, 0.15) is 0 Å². The van der Waals surface area contributed by atoms with Gasteiger partial charge in [-0.2, -0.15) is 0 Å². The van der Waals surface area contributed by atoms with Gasteiger partial charge in [-0.05, 0) is 12.1 Å². The van der Waals surface area contributed by atoms with Gasteiger partial charge < -0.3 is 15.3 Å². The summed E-state index contributed by atoms with van der Waals surface area (Å²) in [7, 11) is 0. The van der Waals surface area contributed by atoms with Gasteiger partial charge in [-0.3, -0.25) is 9.59 Å². The number of aromatic carboxylic acids is 1. The van der Waals surface area contributed by atoms with Crippen molar-refractivity contribution >= 4 is 55.6 Å². The zero-order valence-electron chi connectivity index (χ0n) is 9.45. The zero-order valence-corrected chi connectivity index (χ0v) is 9.45. The zero-order chi connectivity index (χ0) is 13.8. The van der Waals surface area contributed by atoms with Crippen LogP contribution in [0.15, 0.2) is 30.3 Å². The van der Waals surface area contributed by atoms with Gasteiger partial charge in [0, 0.05) is 13.8 Å². The van der Waals surface area contributed by atoms with Gasteiger partial charge in [0.05, 0.1) is 5.56 Å². The number of hydrogen-bond donors (Lipinski definition) is 3. The third-order valence-corrected chi connectivity index (χ3v) is 1.02. The van der Waals surface area contributed by atoms with Gasteiger partial charge in [0.2, 0.25) is 0 Å². The number of aliphatic carboxylic acids is 2. The summed E-state index contributed by atoms with van der Waals surface area (Å²) in [5.41, 5.74) is 0.331. The van der Waals surface area contributed by atoms with E-state index in [9.17, 15) is 4.79 Å². The summed E-state index contributed by atoms with van der Waals surface area (Å²) in [5.74, 6) is -2.55. The first-order chi connectivity index (χ1) is 7.77. The number of carbonyl (C=O) groups is 3. The van der Waals surface area contributed by atoms with Crippen molar-refractivity contribution in [3.05, 3.63) is 35.9 Å². The maximum atomic E-state index is 10.2. The van der Waals surface area contributed by atoms with E-state index in [2.05, 4.69) is 0 Å². The second-order valence-corrected chi connectivity index (χ2v) is 2.71. The van der Waals surface area contributed by atoms with Crippen molar-refractivity contribution in [2.24, 2.45) is 0 Å². The molecular formula is C11H16CaO6. The maximum absolute atomic E-state index is 10.2. The molecule has 0 amide bonds. The number of carboxylic acids is 3. The summed E-state index contributed by atoms with van der Waals surface area (Å²) in [4.78, 5) is 28.2. The minimum absolute atomic E-state index is 0. The monoisotopic (exact) mass is 284 g/mol. The molecule has 1 rings (SSSR count). The normalized spacial score (nSPS) is 7.22. The van der Waals surface area contributed by atoms with Crippen LogP contribution in [0.1, 0.15) is 24.2 Å². The first kappa shape index (κ1) is 22.1. The summed E-state index contributed by atoms with van der Waals surface area (Å²) < 4.78 is 0. The molecule has 6 nitrogen and oxygen atoms in total. The molecule has 0 aliphatic rings. The Hall–Kier alpha value is -1.11. The van der Waals surface area contributed by atoms with Gasteiger partial charge >= 0.3 is 43.7 Å². The molecule has 0 aliphatic carbocycles. The predicted molar refractivity (Wildman–Crippen MR) is 68.6 cm³/mol. The minimum atomic E-state index is -0.879. The predicted octanol–water partition coefficient (Wildman–Crippen LogP) is 0.650. The van der Waals surface area contributed by atoms with Crippen LogP contribution in [-0.4, -0.2) is 71.0 Å². The van der Waals surface area contributed by atoms with E-state index in [1.807, 2.05) is 0 Å². The van der Waals surface area contributed by atoms with E-state index in [4.69, 9.17) is 24.9 Å². The average Bonchev–Trinajstić information content (AvgIpc) is 2.17. The van der Waals surface area contributed by atoms with Crippen molar-refractivity contribution in [1.29, 1.82) is 0 Å². The number of rotatable bonds is 1. The Kier molecular flexibility index (Phi) is 17.1. The molecule has 0 spiro atoms. The molecule has 0 aliphatic heterocycles. The molecule has 0 radical (unpaired) electrons. The van der Waals surface area contributed by atoms with Crippen LogP contribution in [0.3, 0.4) is 0 Å². The molecular weight excluding hydrogens is 268 g/mol. The van der Waals surface area contributed by atoms with Crippen LogP contribution in [0, 0.1) is 0 Å². The Morgan fingerprint density at radius 3 is 1.28 bits per heavy atom. The molecule has 0 aromatic heterocycles. The second kappa shape index (κ2) is 14.0. The summed E-state index contributed by atoms with van der Waals surface area (Å²) in [5, 5.41) is 23.2. The molecule has 0 unspecified atom stereocenters. The fourth-order valence-corrected chi connectivity index (χ4v) is 0.581. The van der Waals surface area contributed by atoms with Crippen molar-refractivity contribution in [2.75, 3.05) is 0 Å². The van der Waals surface area contributed by atoms with Gasteiger partial charge in [-0.15, -0.1) is 0 Å². The van der Waals surface area contributed by atoms with E-state index >= 15 is 0 Å². The summed E-state index contributed by atoms with van der Waals surface area (Å²) in [6.45, 7) is 2.17. The van der Waals surface area contributed by atoms with Gasteiger partial charge in [-0.25, -0.2) is 4.79 Å². The molecule has 0 fully saturated rings. The third-order valence-electron chi connectivity index (χ3n) is 1.02. The van der Waals surface area contributed by atoms with Crippen molar-refractivity contribution in [3.8, 4) is 0 Å². The molecule has 98 valence electrons. The average molecular weight is 284 g/mol. The molecule has 7 heteroatoms. The van der Waals surface area contributed by atoms with Gasteiger partial charge in [0.25, 0.3) is 11.9 Å². The van der Waals surface area contributed by atoms with Crippen LogP contribution < -0.4 is 0 Å². The Labute approximate surface area is 134 Å². The van der Waals surface area contributed by atoms with Crippen LogP contribution in [0.2, 0.25) is 0 Å². The quantitative estimate of drug-likeness (QED) is 0.653. The van der Waals surface area contributed by atoms with Crippen LogP contribution in [0.5, 0.6) is 0 Å². The Balaban J connectivity index is -0.000000214. The van der Waals surface area contributed by atoms with E-state index in [0.717, 1.165) is 13.8 Å². The molecule has 0 atom stereocenters. The molecule has 0 heterocycles. The van der Waals surface area contributed by atoms with E-state index < -0.39 is 17.9 Å². The summed E-state index contributed by atoms with van der Waals surface area (Å²) >= 11 is 0. The summed E-state index contributed by atoms with van der Waals surface area (Å²) in [6, 6.07) is 8.30. The van der Waals surface area contributed by atoms with E-state index in [0.29, 0.717) is 5.56 Å². The SMILES string of the molecule is CC(=O)O.CC(=O)O.O=C(O)c1ccccc1.[CaH2]. The summed E-state index contributed by atoms with van der Waals surface area (Å²) in [6.07, 6.45) is 0. The van der Waals surface area contributed by atoms with Crippen molar-refractivity contribution in [1.82, 2.24) is 0 Å². The Morgan fingerprint density at radius 2 is 1.11 bits per heavy atom. The fraction of sp³-hybridized carbons (Fsp3) is 0.182. The number of benzene rings is 1. The molecule has 0 saturated heterocycles. The molecule has 1 aromatic carbocycles. The van der Waals surface area contributed by atoms with Crippen LogP contribution in [-0.2, 0) is 9.59 Å². The molecule has 18 heavy (non-hydrogen) atoms. The third kappa shape index (κ3) is 24.2. The topological polar surface area (TPSA) is 112 Å². The number of hydrogen-bond acceptors (Lipinski definition) is 3. The Morgan fingerprint density at radius 1 is 0.833 bits per heavy atom. The van der Waals surface area contributed by atoms with Crippen LogP contribution in [0.4, 0.5) is 0 Å².